The number of aromatic nitrogens is 2. The molecule has 1 aliphatic heterocycles. The molecule has 4 heteroatoms. The van der Waals surface area contributed by atoms with Gasteiger partial charge < -0.3 is 5.32 Å². The molecule has 0 fully saturated rings. The van der Waals surface area contributed by atoms with E-state index in [4.69, 9.17) is 0 Å². The highest BCUT2D eigenvalue weighted by molar-refractivity contribution is 7.99. The normalized spacial score (nSPS) is 15.6. The molecule has 0 saturated heterocycles. The molecule has 0 bridgehead atoms. The Bertz CT molecular complexity index is 213. The van der Waals surface area contributed by atoms with E-state index in [-0.39, 0.29) is 0 Å². The molecule has 0 unspecified atom stereocenters. The summed E-state index contributed by atoms with van der Waals surface area (Å²) < 4.78 is 0. The molecule has 10 heavy (non-hydrogen) atoms. The van der Waals surface area contributed by atoms with Crippen LogP contribution in [0.15, 0.2) is 17.3 Å². The zero-order chi connectivity index (χ0) is 6.81. The van der Waals surface area contributed by atoms with Gasteiger partial charge in [0.05, 0.1) is 23.0 Å². The van der Waals surface area contributed by atoms with Gasteiger partial charge in [0.2, 0.25) is 0 Å². The number of fused-ring (bicyclic) bond motifs is 1. The monoisotopic (exact) mass is 153 g/mol. The third-order valence-electron chi connectivity index (χ3n) is 1.37. The number of rotatable bonds is 0. The molecule has 1 aromatic rings. The van der Waals surface area contributed by atoms with Crippen LogP contribution in [-0.4, -0.2) is 22.5 Å². The second-order valence-electron chi connectivity index (χ2n) is 2.04. The van der Waals surface area contributed by atoms with E-state index >= 15 is 0 Å². The number of nitrogens with one attached hydrogen (secondary N) is 1. The van der Waals surface area contributed by atoms with Gasteiger partial charge in [-0.3, -0.25) is 0 Å². The van der Waals surface area contributed by atoms with E-state index in [2.05, 4.69) is 15.5 Å². The first-order valence-corrected chi connectivity index (χ1v) is 4.13. The Kier molecular flexibility index (Phi) is 1.47. The van der Waals surface area contributed by atoms with Crippen LogP contribution in [0.5, 0.6) is 0 Å². The van der Waals surface area contributed by atoms with Crippen molar-refractivity contribution in [3.8, 4) is 0 Å². The molecule has 3 nitrogen and oxygen atoms in total. The SMILES string of the molecule is c1nncc2c1NCCS2. The first kappa shape index (κ1) is 5.97. The number of anilines is 1. The summed E-state index contributed by atoms with van der Waals surface area (Å²) in [6.45, 7) is 1.03. The fourth-order valence-corrected chi connectivity index (χ4v) is 1.73. The molecule has 1 aromatic heterocycles. The van der Waals surface area contributed by atoms with Crippen molar-refractivity contribution in [3.63, 3.8) is 0 Å². The molecule has 2 rings (SSSR count). The molecular formula is C6H7N3S. The van der Waals surface area contributed by atoms with Gasteiger partial charge in [0.25, 0.3) is 0 Å². The van der Waals surface area contributed by atoms with Crippen molar-refractivity contribution in [3.05, 3.63) is 12.4 Å². The Morgan fingerprint density at radius 2 is 2.30 bits per heavy atom. The first-order chi connectivity index (χ1) is 4.97. The smallest absolute Gasteiger partial charge is 0.0739 e. The van der Waals surface area contributed by atoms with Crippen molar-refractivity contribution < 1.29 is 0 Å². The minimum atomic E-state index is 1.03. The lowest BCUT2D eigenvalue weighted by atomic mass is 10.4. The molecular weight excluding hydrogens is 146 g/mol. The highest BCUT2D eigenvalue weighted by Crippen LogP contribution is 2.28. The van der Waals surface area contributed by atoms with Gasteiger partial charge in [-0.15, -0.1) is 11.8 Å². The van der Waals surface area contributed by atoms with Gasteiger partial charge in [-0.25, -0.2) is 0 Å². The molecule has 0 atom stereocenters. The topological polar surface area (TPSA) is 37.8 Å². The van der Waals surface area contributed by atoms with Crippen molar-refractivity contribution in [2.75, 3.05) is 17.6 Å². The maximum Gasteiger partial charge on any atom is 0.0739 e. The average Bonchev–Trinajstić information content (AvgIpc) is 2.05. The lowest BCUT2D eigenvalue weighted by Crippen LogP contribution is -2.10. The Hall–Kier alpha value is -0.770. The fourth-order valence-electron chi connectivity index (χ4n) is 0.904. The maximum atomic E-state index is 3.79. The summed E-state index contributed by atoms with van der Waals surface area (Å²) >= 11 is 1.82. The predicted molar refractivity (Wildman–Crippen MR) is 41.2 cm³/mol. The van der Waals surface area contributed by atoms with E-state index in [1.54, 1.807) is 12.4 Å². The summed E-state index contributed by atoms with van der Waals surface area (Å²) in [5, 5.41) is 10.8. The first-order valence-electron chi connectivity index (χ1n) is 3.14. The van der Waals surface area contributed by atoms with Crippen LogP contribution in [0.4, 0.5) is 5.69 Å². The number of hydrogen-bond donors (Lipinski definition) is 1. The molecule has 0 amide bonds. The Morgan fingerprint density at radius 3 is 3.20 bits per heavy atom. The minimum absolute atomic E-state index is 1.03. The van der Waals surface area contributed by atoms with Crippen molar-refractivity contribution in [1.82, 2.24) is 10.2 Å². The van der Waals surface area contributed by atoms with Gasteiger partial charge in [-0.05, 0) is 0 Å². The van der Waals surface area contributed by atoms with Crippen molar-refractivity contribution in [1.29, 1.82) is 0 Å². The molecule has 52 valence electrons. The summed E-state index contributed by atoms with van der Waals surface area (Å²) in [6.07, 6.45) is 3.56. The van der Waals surface area contributed by atoms with Crippen LogP contribution < -0.4 is 5.32 Å². The molecule has 1 N–H and O–H groups in total. The van der Waals surface area contributed by atoms with E-state index < -0.39 is 0 Å². The van der Waals surface area contributed by atoms with Crippen molar-refractivity contribution >= 4 is 17.4 Å². The van der Waals surface area contributed by atoms with Crippen LogP contribution in [0, 0.1) is 0 Å². The van der Waals surface area contributed by atoms with Crippen LogP contribution in [0.2, 0.25) is 0 Å². The van der Waals surface area contributed by atoms with E-state index in [0.29, 0.717) is 0 Å². The zero-order valence-electron chi connectivity index (χ0n) is 5.37. The van der Waals surface area contributed by atoms with E-state index in [0.717, 1.165) is 18.0 Å². The van der Waals surface area contributed by atoms with E-state index in [1.165, 1.54) is 4.90 Å². The second kappa shape index (κ2) is 2.46. The van der Waals surface area contributed by atoms with Gasteiger partial charge in [-0.2, -0.15) is 10.2 Å². The van der Waals surface area contributed by atoms with Gasteiger partial charge >= 0.3 is 0 Å². The molecule has 0 aliphatic carbocycles. The number of hydrogen-bond acceptors (Lipinski definition) is 4. The van der Waals surface area contributed by atoms with E-state index in [1.807, 2.05) is 11.8 Å². The van der Waals surface area contributed by atoms with Crippen LogP contribution in [-0.2, 0) is 0 Å². The maximum absolute atomic E-state index is 3.79. The molecule has 0 radical (unpaired) electrons. The third-order valence-corrected chi connectivity index (χ3v) is 2.41. The molecule has 1 aliphatic rings. The quantitative estimate of drug-likeness (QED) is 0.603. The van der Waals surface area contributed by atoms with E-state index in [9.17, 15) is 0 Å². The highest BCUT2D eigenvalue weighted by Gasteiger charge is 2.07. The largest absolute Gasteiger partial charge is 0.382 e. The fraction of sp³-hybridized carbons (Fsp3) is 0.333. The average molecular weight is 153 g/mol. The zero-order valence-corrected chi connectivity index (χ0v) is 6.19. The van der Waals surface area contributed by atoms with Crippen molar-refractivity contribution in [2.45, 2.75) is 4.90 Å². The Balaban J connectivity index is 2.41. The van der Waals surface area contributed by atoms with Crippen molar-refractivity contribution in [2.24, 2.45) is 0 Å². The van der Waals surface area contributed by atoms with Gasteiger partial charge in [-0.1, -0.05) is 0 Å². The van der Waals surface area contributed by atoms with Crippen LogP contribution in [0.25, 0.3) is 0 Å². The second-order valence-corrected chi connectivity index (χ2v) is 3.18. The minimum Gasteiger partial charge on any atom is -0.382 e. The van der Waals surface area contributed by atoms with Crippen LogP contribution in [0.1, 0.15) is 0 Å². The lowest BCUT2D eigenvalue weighted by Gasteiger charge is -2.14. The van der Waals surface area contributed by atoms with Gasteiger partial charge in [0, 0.05) is 12.3 Å². The summed E-state index contributed by atoms with van der Waals surface area (Å²) in [5.41, 5.74) is 1.12. The number of thioether (sulfide) groups is 1. The molecule has 0 spiro atoms. The Morgan fingerprint density at radius 1 is 1.40 bits per heavy atom. The van der Waals surface area contributed by atoms with Gasteiger partial charge in [0.1, 0.15) is 0 Å². The summed E-state index contributed by atoms with van der Waals surface area (Å²) in [7, 11) is 0. The Labute approximate surface area is 63.2 Å². The number of nitrogens with zero attached hydrogens (tertiary/aromatic N) is 2. The third kappa shape index (κ3) is 0.945. The van der Waals surface area contributed by atoms with Gasteiger partial charge in [0.15, 0.2) is 0 Å². The van der Waals surface area contributed by atoms with Crippen LogP contribution >= 0.6 is 11.8 Å². The molecule has 0 saturated carbocycles. The predicted octanol–water partition coefficient (Wildman–Crippen LogP) is 0.994. The van der Waals surface area contributed by atoms with Crippen LogP contribution in [0.3, 0.4) is 0 Å². The summed E-state index contributed by atoms with van der Waals surface area (Å²) in [4.78, 5) is 1.21. The standard InChI is InChI=1S/C6H7N3S/c1-2-10-6-4-9-8-3-5(6)7-1/h3-4,7H,1-2H2. The molecule has 0 aromatic carbocycles. The lowest BCUT2D eigenvalue weighted by molar-refractivity contribution is 0.982. The molecule has 2 heterocycles. The summed E-state index contributed by atoms with van der Waals surface area (Å²) in [5.74, 6) is 1.12. The summed E-state index contributed by atoms with van der Waals surface area (Å²) in [6, 6.07) is 0. The highest BCUT2D eigenvalue weighted by atomic mass is 32.2.